The second kappa shape index (κ2) is 13.9. The first kappa shape index (κ1) is 27.5. The third-order valence-corrected chi connectivity index (χ3v) is 6.10. The molecule has 196 valence electrons. The SMILES string of the molecule is CC(=O)NCC1CN(c2ccc(-c3ccc(CN(CCCCF)CCCCF)cc3)c(F)c2)C(=O)O1. The predicted molar refractivity (Wildman–Crippen MR) is 134 cm³/mol. The number of hydrogen-bond acceptors (Lipinski definition) is 4. The van der Waals surface area contributed by atoms with Crippen LogP contribution in [0.25, 0.3) is 11.1 Å². The van der Waals surface area contributed by atoms with Crippen molar-refractivity contribution in [1.82, 2.24) is 10.2 Å². The number of cyclic esters (lactones) is 1. The van der Waals surface area contributed by atoms with Crippen LogP contribution in [-0.4, -0.2) is 62.5 Å². The number of unbranched alkanes of at least 4 members (excludes halogenated alkanes) is 2. The lowest BCUT2D eigenvalue weighted by atomic mass is 10.0. The van der Waals surface area contributed by atoms with Crippen LogP contribution in [0.5, 0.6) is 0 Å². The summed E-state index contributed by atoms with van der Waals surface area (Å²) in [4.78, 5) is 26.9. The molecule has 3 rings (SSSR count). The maximum atomic E-state index is 15.0. The Morgan fingerprint density at radius 1 is 1.06 bits per heavy atom. The normalized spacial score (nSPS) is 15.4. The van der Waals surface area contributed by atoms with Gasteiger partial charge in [-0.05, 0) is 68.1 Å². The number of carbonyl (C=O) groups excluding carboxylic acids is 2. The van der Waals surface area contributed by atoms with Crippen molar-refractivity contribution in [2.45, 2.75) is 45.3 Å². The number of nitrogens with one attached hydrogen (secondary N) is 1. The molecule has 2 aromatic carbocycles. The Morgan fingerprint density at radius 3 is 2.31 bits per heavy atom. The molecule has 1 aliphatic heterocycles. The molecule has 0 radical (unpaired) electrons. The van der Waals surface area contributed by atoms with Crippen molar-refractivity contribution >= 4 is 17.7 Å². The van der Waals surface area contributed by atoms with E-state index in [0.29, 0.717) is 36.2 Å². The van der Waals surface area contributed by atoms with Crippen LogP contribution in [0.3, 0.4) is 0 Å². The highest BCUT2D eigenvalue weighted by Gasteiger charge is 2.32. The molecule has 2 aromatic rings. The fourth-order valence-electron chi connectivity index (χ4n) is 4.18. The molecule has 0 aliphatic carbocycles. The van der Waals surface area contributed by atoms with Gasteiger partial charge in [-0.1, -0.05) is 24.3 Å². The summed E-state index contributed by atoms with van der Waals surface area (Å²) in [5, 5.41) is 2.61. The Morgan fingerprint density at radius 2 is 1.72 bits per heavy atom. The van der Waals surface area contributed by atoms with Crippen LogP contribution >= 0.6 is 0 Å². The van der Waals surface area contributed by atoms with Gasteiger partial charge in [-0.2, -0.15) is 0 Å². The lowest BCUT2D eigenvalue weighted by Crippen LogP contribution is -2.33. The highest BCUT2D eigenvalue weighted by Crippen LogP contribution is 2.29. The fraction of sp³-hybridized carbons (Fsp3) is 0.481. The van der Waals surface area contributed by atoms with Crippen LogP contribution in [0.2, 0.25) is 0 Å². The fourth-order valence-corrected chi connectivity index (χ4v) is 4.18. The number of benzene rings is 2. The molecule has 2 amide bonds. The first-order chi connectivity index (χ1) is 17.4. The molecule has 1 N–H and O–H groups in total. The van der Waals surface area contributed by atoms with Gasteiger partial charge in [-0.3, -0.25) is 23.4 Å². The predicted octanol–water partition coefficient (Wildman–Crippen LogP) is 5.26. The summed E-state index contributed by atoms with van der Waals surface area (Å²) in [6, 6.07) is 12.2. The van der Waals surface area contributed by atoms with Crippen LogP contribution in [0, 0.1) is 5.82 Å². The summed E-state index contributed by atoms with van der Waals surface area (Å²) in [5.74, 6) is -0.676. The molecule has 1 aliphatic rings. The Kier molecular flexibility index (Phi) is 10.6. The van der Waals surface area contributed by atoms with Crippen molar-refractivity contribution in [2.24, 2.45) is 0 Å². The highest BCUT2D eigenvalue weighted by molar-refractivity contribution is 5.90. The van der Waals surface area contributed by atoms with Crippen LogP contribution in [0.1, 0.15) is 38.2 Å². The highest BCUT2D eigenvalue weighted by atomic mass is 19.1. The van der Waals surface area contributed by atoms with Crippen LogP contribution < -0.4 is 10.2 Å². The van der Waals surface area contributed by atoms with E-state index in [0.717, 1.165) is 31.5 Å². The van der Waals surface area contributed by atoms with Gasteiger partial charge in [0.15, 0.2) is 0 Å². The smallest absolute Gasteiger partial charge is 0.414 e. The third kappa shape index (κ3) is 7.98. The Hall–Kier alpha value is -3.07. The molecule has 0 spiro atoms. The van der Waals surface area contributed by atoms with Gasteiger partial charge in [-0.25, -0.2) is 9.18 Å². The lowest BCUT2D eigenvalue weighted by Gasteiger charge is -2.22. The average Bonchev–Trinajstić information content (AvgIpc) is 3.24. The zero-order chi connectivity index (χ0) is 25.9. The molecule has 0 aromatic heterocycles. The molecule has 1 atom stereocenters. The van der Waals surface area contributed by atoms with E-state index in [1.165, 1.54) is 17.9 Å². The molecule has 1 saturated heterocycles. The monoisotopic (exact) mass is 505 g/mol. The van der Waals surface area contributed by atoms with Crippen molar-refractivity contribution in [3.8, 4) is 11.1 Å². The summed E-state index contributed by atoms with van der Waals surface area (Å²) in [7, 11) is 0. The van der Waals surface area contributed by atoms with E-state index < -0.39 is 18.0 Å². The largest absolute Gasteiger partial charge is 0.442 e. The zero-order valence-electron chi connectivity index (χ0n) is 20.7. The van der Waals surface area contributed by atoms with E-state index in [-0.39, 0.29) is 32.3 Å². The van der Waals surface area contributed by atoms with Crippen LogP contribution in [0.15, 0.2) is 42.5 Å². The molecule has 0 bridgehead atoms. The van der Waals surface area contributed by atoms with E-state index in [1.54, 1.807) is 12.1 Å². The molecule has 1 fully saturated rings. The minimum absolute atomic E-state index is 0.202. The number of rotatable bonds is 14. The number of halogens is 3. The summed E-state index contributed by atoms with van der Waals surface area (Å²) in [6.45, 7) is 3.29. The second-order valence-electron chi connectivity index (χ2n) is 8.98. The molecule has 1 heterocycles. The van der Waals surface area contributed by atoms with Crippen molar-refractivity contribution in [3.05, 3.63) is 53.8 Å². The van der Waals surface area contributed by atoms with Crippen LogP contribution in [0.4, 0.5) is 23.7 Å². The van der Waals surface area contributed by atoms with Gasteiger partial charge in [0, 0.05) is 19.0 Å². The maximum Gasteiger partial charge on any atom is 0.414 e. The first-order valence-corrected chi connectivity index (χ1v) is 12.4. The van der Waals surface area contributed by atoms with Gasteiger partial charge in [0.25, 0.3) is 0 Å². The standard InChI is InChI=1S/C27H34F3N3O3/c1-20(34)31-17-24-19-33(27(35)36-24)23-10-11-25(26(30)16-23)22-8-6-21(7-9-22)18-32(14-4-2-12-28)15-5-3-13-29/h6-11,16,24H,2-5,12-15,17-19H2,1H3,(H,31,34). The van der Waals surface area contributed by atoms with Gasteiger partial charge in [0.2, 0.25) is 5.91 Å². The number of carbonyl (C=O) groups is 2. The molecular weight excluding hydrogens is 471 g/mol. The summed E-state index contributed by atoms with van der Waals surface area (Å²) >= 11 is 0. The molecule has 36 heavy (non-hydrogen) atoms. The summed E-state index contributed by atoms with van der Waals surface area (Å²) in [5.41, 5.74) is 2.55. The van der Waals surface area contributed by atoms with E-state index in [1.807, 2.05) is 24.3 Å². The number of alkyl halides is 2. The summed E-state index contributed by atoms with van der Waals surface area (Å²) in [6.07, 6.45) is 1.45. The van der Waals surface area contributed by atoms with Crippen molar-refractivity contribution < 1.29 is 27.5 Å². The molecule has 9 heteroatoms. The van der Waals surface area contributed by atoms with Gasteiger partial charge in [-0.15, -0.1) is 0 Å². The number of hydrogen-bond donors (Lipinski definition) is 1. The van der Waals surface area contributed by atoms with E-state index >= 15 is 4.39 Å². The Labute approximate surface area is 210 Å². The van der Waals surface area contributed by atoms with Crippen LogP contribution in [-0.2, 0) is 16.1 Å². The number of amides is 2. The van der Waals surface area contributed by atoms with Crippen molar-refractivity contribution in [1.29, 1.82) is 0 Å². The van der Waals surface area contributed by atoms with Gasteiger partial charge in [0.1, 0.15) is 11.9 Å². The minimum atomic E-state index is -0.579. The zero-order valence-corrected chi connectivity index (χ0v) is 20.7. The number of ether oxygens (including phenoxy) is 1. The second-order valence-corrected chi connectivity index (χ2v) is 8.98. The molecule has 6 nitrogen and oxygen atoms in total. The van der Waals surface area contributed by atoms with E-state index in [4.69, 9.17) is 4.74 Å². The molecule has 1 unspecified atom stereocenters. The Balaban J connectivity index is 1.64. The van der Waals surface area contributed by atoms with Crippen molar-refractivity contribution in [2.75, 3.05) is 44.4 Å². The lowest BCUT2D eigenvalue weighted by molar-refractivity contribution is -0.119. The Bertz CT molecular complexity index is 994. The molecular formula is C27H34F3N3O3. The summed E-state index contributed by atoms with van der Waals surface area (Å²) < 4.78 is 45.2. The number of anilines is 1. The van der Waals surface area contributed by atoms with E-state index in [9.17, 15) is 18.4 Å². The topological polar surface area (TPSA) is 61.9 Å². The molecule has 0 saturated carbocycles. The first-order valence-electron chi connectivity index (χ1n) is 12.4. The third-order valence-electron chi connectivity index (χ3n) is 6.10. The maximum absolute atomic E-state index is 15.0. The quantitative estimate of drug-likeness (QED) is 0.356. The average molecular weight is 506 g/mol. The number of nitrogens with zero attached hydrogens (tertiary/aromatic N) is 2. The van der Waals surface area contributed by atoms with Gasteiger partial charge >= 0.3 is 6.09 Å². The minimum Gasteiger partial charge on any atom is -0.442 e. The van der Waals surface area contributed by atoms with Gasteiger partial charge < -0.3 is 10.1 Å². The van der Waals surface area contributed by atoms with E-state index in [2.05, 4.69) is 10.2 Å². The van der Waals surface area contributed by atoms with Crippen molar-refractivity contribution in [3.63, 3.8) is 0 Å². The van der Waals surface area contributed by atoms with Gasteiger partial charge in [0.05, 0.1) is 32.1 Å².